The molecule has 0 atom stereocenters. The number of aliphatic hydroxyl groups excluding tert-OH is 1. The summed E-state index contributed by atoms with van der Waals surface area (Å²) < 4.78 is 21.9. The van der Waals surface area contributed by atoms with Crippen molar-refractivity contribution >= 4 is 16.7 Å². The van der Waals surface area contributed by atoms with Crippen LogP contribution in [-0.4, -0.2) is 49.8 Å². The predicted molar refractivity (Wildman–Crippen MR) is 120 cm³/mol. The number of anilines is 1. The van der Waals surface area contributed by atoms with Crippen LogP contribution in [-0.2, 0) is 6.54 Å². The average Bonchev–Trinajstić information content (AvgIpc) is 3.13. The number of aliphatic hydroxyl groups is 1. The molecule has 0 saturated heterocycles. The molecular formula is C23H25FN6O2. The number of hydrogen-bond donors (Lipinski definition) is 1. The summed E-state index contributed by atoms with van der Waals surface area (Å²) in [7, 11) is 0. The first-order valence-corrected chi connectivity index (χ1v) is 10.4. The van der Waals surface area contributed by atoms with E-state index in [0.717, 1.165) is 16.8 Å². The van der Waals surface area contributed by atoms with E-state index in [4.69, 9.17) is 9.84 Å². The molecule has 3 heterocycles. The topological polar surface area (TPSA) is 89.2 Å². The molecule has 0 saturated carbocycles. The van der Waals surface area contributed by atoms with Crippen molar-refractivity contribution in [3.63, 3.8) is 0 Å². The van der Waals surface area contributed by atoms with Gasteiger partial charge in [0.1, 0.15) is 17.0 Å². The summed E-state index contributed by atoms with van der Waals surface area (Å²) in [5.41, 5.74) is 3.17. The molecule has 0 unspecified atom stereocenters. The van der Waals surface area contributed by atoms with Crippen molar-refractivity contribution < 1.29 is 14.2 Å². The van der Waals surface area contributed by atoms with Gasteiger partial charge in [0.05, 0.1) is 42.2 Å². The highest BCUT2D eigenvalue weighted by atomic mass is 19.1. The smallest absolute Gasteiger partial charge is 0.180 e. The lowest BCUT2D eigenvalue weighted by molar-refractivity contribution is 0.301. The maximum Gasteiger partial charge on any atom is 0.180 e. The van der Waals surface area contributed by atoms with Gasteiger partial charge in [0.15, 0.2) is 11.6 Å². The summed E-state index contributed by atoms with van der Waals surface area (Å²) in [6.07, 6.45) is 1.72. The number of nitrogens with zero attached hydrogens (tertiary/aromatic N) is 6. The van der Waals surface area contributed by atoms with Crippen LogP contribution in [0.5, 0.6) is 5.75 Å². The maximum absolute atomic E-state index is 14.9. The lowest BCUT2D eigenvalue weighted by Crippen LogP contribution is -2.28. The molecule has 0 fully saturated rings. The highest BCUT2D eigenvalue weighted by Crippen LogP contribution is 2.31. The quantitative estimate of drug-likeness (QED) is 0.453. The minimum Gasteiger partial charge on any atom is -0.494 e. The fourth-order valence-electron chi connectivity index (χ4n) is 3.74. The van der Waals surface area contributed by atoms with E-state index in [1.165, 1.54) is 6.07 Å². The molecule has 9 heteroatoms. The van der Waals surface area contributed by atoms with Gasteiger partial charge in [0.25, 0.3) is 0 Å². The van der Waals surface area contributed by atoms with Gasteiger partial charge in [0.2, 0.25) is 0 Å². The maximum atomic E-state index is 14.9. The third-order valence-corrected chi connectivity index (χ3v) is 5.19. The lowest BCUT2D eigenvalue weighted by atomic mass is 10.2. The van der Waals surface area contributed by atoms with Crippen molar-refractivity contribution in [1.82, 2.24) is 25.0 Å². The fourth-order valence-corrected chi connectivity index (χ4v) is 3.74. The molecule has 4 rings (SSSR count). The van der Waals surface area contributed by atoms with Crippen molar-refractivity contribution in [3.05, 3.63) is 65.5 Å². The first kappa shape index (κ1) is 21.6. The minimum atomic E-state index is -0.437. The molecule has 8 nitrogen and oxygen atoms in total. The molecule has 4 aromatic rings. The van der Waals surface area contributed by atoms with Gasteiger partial charge in [-0.3, -0.25) is 4.98 Å². The van der Waals surface area contributed by atoms with Crippen LogP contribution in [0.3, 0.4) is 0 Å². The van der Waals surface area contributed by atoms with Crippen molar-refractivity contribution in [1.29, 1.82) is 0 Å². The molecule has 3 aromatic heterocycles. The van der Waals surface area contributed by atoms with Gasteiger partial charge >= 0.3 is 0 Å². The third kappa shape index (κ3) is 4.11. The molecule has 0 aliphatic heterocycles. The second kappa shape index (κ2) is 9.27. The van der Waals surface area contributed by atoms with Crippen LogP contribution in [0.25, 0.3) is 16.6 Å². The summed E-state index contributed by atoms with van der Waals surface area (Å²) in [5.74, 6) is 0.541. The Morgan fingerprint density at radius 2 is 2.00 bits per heavy atom. The Balaban J connectivity index is 1.83. The van der Waals surface area contributed by atoms with Gasteiger partial charge < -0.3 is 14.7 Å². The van der Waals surface area contributed by atoms with E-state index >= 15 is 0 Å². The van der Waals surface area contributed by atoms with Crippen LogP contribution in [0.1, 0.15) is 24.0 Å². The highest BCUT2D eigenvalue weighted by Gasteiger charge is 2.22. The summed E-state index contributed by atoms with van der Waals surface area (Å²) in [6, 6.07) is 10.4. The molecule has 0 bridgehead atoms. The van der Waals surface area contributed by atoms with Crippen LogP contribution in [0.15, 0.2) is 42.6 Å². The normalized spacial score (nSPS) is 11.2. The van der Waals surface area contributed by atoms with E-state index in [1.54, 1.807) is 23.0 Å². The standard InChI is InChI=1S/C23H25FN6O2/c1-4-32-18-8-9-20(19(24)13-18)30-16(3)21-15(2)26-27-23(22(21)28-30)29(11-12-31)14-17-7-5-6-10-25-17/h5-10,13,31H,4,11-12,14H2,1-3H3. The average molecular weight is 436 g/mol. The second-order valence-corrected chi connectivity index (χ2v) is 7.34. The number of rotatable bonds is 8. The largest absolute Gasteiger partial charge is 0.494 e. The van der Waals surface area contributed by atoms with Crippen molar-refractivity contribution in [3.8, 4) is 11.4 Å². The van der Waals surface area contributed by atoms with Crippen molar-refractivity contribution in [2.24, 2.45) is 0 Å². The van der Waals surface area contributed by atoms with Crippen LogP contribution >= 0.6 is 0 Å². The molecule has 0 aliphatic carbocycles. The first-order chi connectivity index (χ1) is 15.5. The lowest BCUT2D eigenvalue weighted by Gasteiger charge is -2.22. The van der Waals surface area contributed by atoms with Gasteiger partial charge in [-0.05, 0) is 45.0 Å². The predicted octanol–water partition coefficient (Wildman–Crippen LogP) is 3.36. The molecule has 0 amide bonds. The SMILES string of the molecule is CCOc1ccc(-n2nc3c(N(CCO)Cc4ccccn4)nnc(C)c3c2C)c(F)c1. The van der Waals surface area contributed by atoms with E-state index in [2.05, 4.69) is 15.2 Å². The second-order valence-electron chi connectivity index (χ2n) is 7.34. The van der Waals surface area contributed by atoms with Gasteiger partial charge in [-0.2, -0.15) is 10.2 Å². The van der Waals surface area contributed by atoms with E-state index < -0.39 is 5.82 Å². The molecule has 166 valence electrons. The number of ether oxygens (including phenoxy) is 1. The molecule has 0 spiro atoms. The number of hydrogen-bond acceptors (Lipinski definition) is 7. The Kier molecular flexibility index (Phi) is 6.27. The molecular weight excluding hydrogens is 411 g/mol. The van der Waals surface area contributed by atoms with Crippen LogP contribution in [0, 0.1) is 19.7 Å². The Morgan fingerprint density at radius 3 is 2.69 bits per heavy atom. The fraction of sp³-hybridized carbons (Fsp3) is 0.304. The molecule has 1 N–H and O–H groups in total. The van der Waals surface area contributed by atoms with Gasteiger partial charge in [-0.15, -0.1) is 5.10 Å². The molecule has 0 radical (unpaired) electrons. The Morgan fingerprint density at radius 1 is 1.16 bits per heavy atom. The Bertz CT molecular complexity index is 1230. The Labute approximate surface area is 185 Å². The van der Waals surface area contributed by atoms with Gasteiger partial charge in [-0.1, -0.05) is 6.07 Å². The monoisotopic (exact) mass is 436 g/mol. The zero-order chi connectivity index (χ0) is 22.7. The summed E-state index contributed by atoms with van der Waals surface area (Å²) in [4.78, 5) is 6.25. The van der Waals surface area contributed by atoms with Crippen molar-refractivity contribution in [2.45, 2.75) is 27.3 Å². The molecule has 1 aromatic carbocycles. The number of fused-ring (bicyclic) bond motifs is 1. The Hall–Kier alpha value is -3.59. The van der Waals surface area contributed by atoms with Crippen LogP contribution in [0.4, 0.5) is 10.2 Å². The number of halogens is 1. The van der Waals surface area contributed by atoms with E-state index in [9.17, 15) is 9.50 Å². The van der Waals surface area contributed by atoms with Crippen LogP contribution in [0.2, 0.25) is 0 Å². The van der Waals surface area contributed by atoms with E-state index in [-0.39, 0.29) is 6.61 Å². The zero-order valence-corrected chi connectivity index (χ0v) is 18.3. The number of benzene rings is 1. The van der Waals surface area contributed by atoms with Crippen molar-refractivity contribution in [2.75, 3.05) is 24.7 Å². The van der Waals surface area contributed by atoms with Gasteiger partial charge in [0, 0.05) is 18.8 Å². The van der Waals surface area contributed by atoms with E-state index in [0.29, 0.717) is 48.2 Å². The van der Waals surface area contributed by atoms with E-state index in [1.807, 2.05) is 43.9 Å². The summed E-state index contributed by atoms with van der Waals surface area (Å²) >= 11 is 0. The summed E-state index contributed by atoms with van der Waals surface area (Å²) in [6.45, 7) is 6.71. The summed E-state index contributed by atoms with van der Waals surface area (Å²) in [5, 5.41) is 23.9. The first-order valence-electron chi connectivity index (χ1n) is 10.4. The molecule has 0 aliphatic rings. The molecule has 32 heavy (non-hydrogen) atoms. The van der Waals surface area contributed by atoms with Crippen LogP contribution < -0.4 is 9.64 Å². The third-order valence-electron chi connectivity index (χ3n) is 5.19. The number of pyridine rings is 1. The minimum absolute atomic E-state index is 0.0723. The highest BCUT2D eigenvalue weighted by molar-refractivity contribution is 5.92. The van der Waals surface area contributed by atoms with Gasteiger partial charge in [-0.25, -0.2) is 9.07 Å². The zero-order valence-electron chi connectivity index (χ0n) is 18.3. The number of aryl methyl sites for hydroxylation is 2. The number of aromatic nitrogens is 5.